The topological polar surface area (TPSA) is 82.0 Å². The highest BCUT2D eigenvalue weighted by molar-refractivity contribution is 14.0. The van der Waals surface area contributed by atoms with E-state index in [-0.39, 0.29) is 35.5 Å². The third kappa shape index (κ3) is 5.73. The predicted molar refractivity (Wildman–Crippen MR) is 113 cm³/mol. The molecule has 0 aromatic heterocycles. The number of phenolic OH excluding ortho intramolecular Hbond substituents is 1. The van der Waals surface area contributed by atoms with Crippen LogP contribution in [0.1, 0.15) is 26.3 Å². The molecule has 1 fully saturated rings. The maximum absolute atomic E-state index is 12.1. The maximum atomic E-state index is 12.1. The molecule has 1 heterocycles. The number of benzene rings is 1. The average Bonchev–Trinajstić information content (AvgIpc) is 2.51. The van der Waals surface area contributed by atoms with E-state index in [1.807, 2.05) is 24.0 Å². The molecule has 6 nitrogen and oxygen atoms in total. The summed E-state index contributed by atoms with van der Waals surface area (Å²) in [5.41, 5.74) is 1.11. The molecule has 1 aliphatic rings. The van der Waals surface area contributed by atoms with Gasteiger partial charge in [0.2, 0.25) is 0 Å². The first kappa shape index (κ1) is 22.0. The molecule has 0 radical (unpaired) electrons. The first-order chi connectivity index (χ1) is 11.2. The Balaban J connectivity index is 0.00000312. The number of phenols is 1. The van der Waals surface area contributed by atoms with Gasteiger partial charge in [-0.25, -0.2) is 8.42 Å². The van der Waals surface area contributed by atoms with Gasteiger partial charge in [-0.05, 0) is 44.9 Å². The van der Waals surface area contributed by atoms with Crippen molar-refractivity contribution >= 4 is 39.8 Å². The quantitative estimate of drug-likeness (QED) is 0.391. The molecule has 0 atom stereocenters. The highest BCUT2D eigenvalue weighted by Gasteiger charge is 2.40. The van der Waals surface area contributed by atoms with Crippen LogP contribution in [0.25, 0.3) is 0 Å². The summed E-state index contributed by atoms with van der Waals surface area (Å²) >= 11 is 0. The standard InChI is InChI=1S/C17H27N3O3S.HI/c1-4-18-16(19-10-9-14-5-7-15(21)8-6-14)20-11-12-24(22,23)17(2,3)13-20;/h5-8,21H,4,9-13H2,1-3H3,(H,18,19);1H. The molecule has 1 aromatic carbocycles. The van der Waals surface area contributed by atoms with Gasteiger partial charge in [-0.1, -0.05) is 12.1 Å². The largest absolute Gasteiger partial charge is 0.508 e. The molecule has 1 saturated heterocycles. The van der Waals surface area contributed by atoms with Crippen molar-refractivity contribution in [3.05, 3.63) is 29.8 Å². The summed E-state index contributed by atoms with van der Waals surface area (Å²) in [7, 11) is -3.06. The second-order valence-electron chi connectivity index (χ2n) is 6.65. The van der Waals surface area contributed by atoms with Gasteiger partial charge < -0.3 is 15.3 Å². The van der Waals surface area contributed by atoms with Crippen molar-refractivity contribution in [2.75, 3.05) is 31.9 Å². The molecule has 1 aliphatic heterocycles. The smallest absolute Gasteiger partial charge is 0.194 e. The van der Waals surface area contributed by atoms with E-state index >= 15 is 0 Å². The molecule has 142 valence electrons. The van der Waals surface area contributed by atoms with Crippen molar-refractivity contribution in [3.63, 3.8) is 0 Å². The van der Waals surface area contributed by atoms with Crippen molar-refractivity contribution in [2.24, 2.45) is 4.99 Å². The van der Waals surface area contributed by atoms with Gasteiger partial charge in [0.05, 0.1) is 10.5 Å². The first-order valence-electron chi connectivity index (χ1n) is 8.28. The molecular formula is C17H28IN3O3S. The van der Waals surface area contributed by atoms with Crippen molar-refractivity contribution < 1.29 is 13.5 Å². The number of rotatable bonds is 4. The van der Waals surface area contributed by atoms with Crippen LogP contribution in [-0.4, -0.2) is 61.1 Å². The number of nitrogens with one attached hydrogen (secondary N) is 1. The molecule has 0 bridgehead atoms. The minimum atomic E-state index is -3.06. The van der Waals surface area contributed by atoms with Gasteiger partial charge in [-0.3, -0.25) is 4.99 Å². The Bertz CT molecular complexity index is 688. The maximum Gasteiger partial charge on any atom is 0.194 e. The summed E-state index contributed by atoms with van der Waals surface area (Å²) in [5, 5.41) is 12.6. The second-order valence-corrected chi connectivity index (χ2v) is 9.40. The lowest BCUT2D eigenvalue weighted by Gasteiger charge is -2.39. The molecule has 2 rings (SSSR count). The van der Waals surface area contributed by atoms with Crippen LogP contribution in [0, 0.1) is 0 Å². The summed E-state index contributed by atoms with van der Waals surface area (Å²) in [5.74, 6) is 1.18. The molecule has 8 heteroatoms. The number of halogens is 1. The Morgan fingerprint density at radius 3 is 2.52 bits per heavy atom. The molecule has 0 spiro atoms. The zero-order valence-corrected chi connectivity index (χ0v) is 18.2. The van der Waals surface area contributed by atoms with E-state index in [9.17, 15) is 13.5 Å². The Morgan fingerprint density at radius 2 is 1.96 bits per heavy atom. The number of nitrogens with zero attached hydrogens (tertiary/aromatic N) is 2. The van der Waals surface area contributed by atoms with Crippen molar-refractivity contribution in [1.29, 1.82) is 0 Å². The third-order valence-corrected chi connectivity index (χ3v) is 6.81. The fraction of sp³-hybridized carbons (Fsp3) is 0.588. The number of hydrogen-bond donors (Lipinski definition) is 2. The van der Waals surface area contributed by atoms with Gasteiger partial charge in [0.25, 0.3) is 0 Å². The van der Waals surface area contributed by atoms with Crippen molar-refractivity contribution in [2.45, 2.75) is 31.9 Å². The monoisotopic (exact) mass is 481 g/mol. The summed E-state index contributed by atoms with van der Waals surface area (Å²) in [6.07, 6.45) is 0.769. The van der Waals surface area contributed by atoms with E-state index in [0.717, 1.165) is 24.5 Å². The zero-order valence-electron chi connectivity index (χ0n) is 15.0. The van der Waals surface area contributed by atoms with E-state index in [2.05, 4.69) is 10.3 Å². The molecule has 0 amide bonds. The van der Waals surface area contributed by atoms with Crippen LogP contribution < -0.4 is 5.32 Å². The Morgan fingerprint density at radius 1 is 1.32 bits per heavy atom. The molecule has 0 aliphatic carbocycles. The van der Waals surface area contributed by atoms with Crippen LogP contribution in [0.2, 0.25) is 0 Å². The number of aromatic hydroxyl groups is 1. The van der Waals surface area contributed by atoms with Crippen LogP contribution in [0.3, 0.4) is 0 Å². The number of aliphatic imine (C=N–C) groups is 1. The van der Waals surface area contributed by atoms with E-state index in [4.69, 9.17) is 0 Å². The Labute approximate surface area is 167 Å². The van der Waals surface area contributed by atoms with Crippen molar-refractivity contribution in [3.8, 4) is 5.75 Å². The lowest BCUT2D eigenvalue weighted by Crippen LogP contribution is -2.57. The van der Waals surface area contributed by atoms with Crippen molar-refractivity contribution in [1.82, 2.24) is 10.2 Å². The average molecular weight is 481 g/mol. The third-order valence-electron chi connectivity index (χ3n) is 4.28. The van der Waals surface area contributed by atoms with Crippen LogP contribution >= 0.6 is 24.0 Å². The second kappa shape index (κ2) is 9.07. The normalized spacial score (nSPS) is 19.2. The van der Waals surface area contributed by atoms with Gasteiger partial charge in [-0.2, -0.15) is 0 Å². The van der Waals surface area contributed by atoms with Crippen LogP contribution in [0.5, 0.6) is 5.75 Å². The molecule has 2 N–H and O–H groups in total. The van der Waals surface area contributed by atoms with E-state index in [0.29, 0.717) is 19.6 Å². The summed E-state index contributed by atoms with van der Waals surface area (Å²) in [6.45, 7) is 7.81. The highest BCUT2D eigenvalue weighted by Crippen LogP contribution is 2.23. The molecular weight excluding hydrogens is 453 g/mol. The zero-order chi connectivity index (χ0) is 17.8. The van der Waals surface area contributed by atoms with E-state index in [1.165, 1.54) is 0 Å². The highest BCUT2D eigenvalue weighted by atomic mass is 127. The number of guanidine groups is 1. The minimum Gasteiger partial charge on any atom is -0.508 e. The van der Waals surface area contributed by atoms with Gasteiger partial charge in [0, 0.05) is 26.2 Å². The van der Waals surface area contributed by atoms with Crippen LogP contribution in [0.4, 0.5) is 0 Å². The lowest BCUT2D eigenvalue weighted by molar-refractivity contribution is 0.353. The minimum absolute atomic E-state index is 0. The van der Waals surface area contributed by atoms with Crippen LogP contribution in [-0.2, 0) is 16.3 Å². The van der Waals surface area contributed by atoms with Crippen LogP contribution in [0.15, 0.2) is 29.3 Å². The Kier molecular flexibility index (Phi) is 7.98. The fourth-order valence-corrected chi connectivity index (χ4v) is 4.07. The predicted octanol–water partition coefficient (Wildman–Crippen LogP) is 2.03. The SMILES string of the molecule is CCNC(=NCCc1ccc(O)cc1)N1CCS(=O)(=O)C(C)(C)C1.I. The van der Waals surface area contributed by atoms with Gasteiger partial charge >= 0.3 is 0 Å². The Hall–Kier alpha value is -1.03. The number of sulfone groups is 1. The van der Waals surface area contributed by atoms with E-state index in [1.54, 1.807) is 26.0 Å². The fourth-order valence-electron chi connectivity index (χ4n) is 2.70. The number of hydrogen-bond acceptors (Lipinski definition) is 4. The molecule has 25 heavy (non-hydrogen) atoms. The molecule has 1 aromatic rings. The lowest BCUT2D eigenvalue weighted by atomic mass is 10.1. The van der Waals surface area contributed by atoms with Gasteiger partial charge in [0.1, 0.15) is 5.75 Å². The summed E-state index contributed by atoms with van der Waals surface area (Å²) < 4.78 is 23.5. The van der Waals surface area contributed by atoms with E-state index < -0.39 is 14.6 Å². The molecule has 0 saturated carbocycles. The summed E-state index contributed by atoms with van der Waals surface area (Å²) in [6, 6.07) is 7.10. The van der Waals surface area contributed by atoms with Gasteiger partial charge in [-0.15, -0.1) is 24.0 Å². The summed E-state index contributed by atoms with van der Waals surface area (Å²) in [4.78, 5) is 6.67. The van der Waals surface area contributed by atoms with Gasteiger partial charge in [0.15, 0.2) is 15.8 Å². The molecule has 0 unspecified atom stereocenters. The first-order valence-corrected chi connectivity index (χ1v) is 9.94.